The predicted octanol–water partition coefficient (Wildman–Crippen LogP) is 1.56. The van der Waals surface area contributed by atoms with E-state index in [-0.39, 0.29) is 0 Å². The number of aryl methyl sites for hydroxylation is 3. The van der Waals surface area contributed by atoms with E-state index in [9.17, 15) is 9.59 Å². The number of amides is 1. The summed E-state index contributed by atoms with van der Waals surface area (Å²) in [5.74, 6) is -0.954. The van der Waals surface area contributed by atoms with Crippen LogP contribution in [0.4, 0.5) is 5.82 Å². The fourth-order valence-corrected chi connectivity index (χ4v) is 1.93. The van der Waals surface area contributed by atoms with E-state index in [1.807, 2.05) is 13.0 Å². The van der Waals surface area contributed by atoms with E-state index in [0.29, 0.717) is 22.8 Å². The molecule has 104 valence electrons. The summed E-state index contributed by atoms with van der Waals surface area (Å²) in [7, 11) is 1.73. The van der Waals surface area contributed by atoms with Gasteiger partial charge >= 0.3 is 0 Å². The fourth-order valence-electron chi connectivity index (χ4n) is 1.93. The van der Waals surface area contributed by atoms with E-state index in [1.165, 1.54) is 0 Å². The molecule has 2 rings (SSSR count). The third kappa shape index (κ3) is 2.59. The lowest BCUT2D eigenvalue weighted by Gasteiger charge is -2.04. The Morgan fingerprint density at radius 1 is 1.20 bits per heavy atom. The zero-order chi connectivity index (χ0) is 14.9. The largest absolute Gasteiger partial charge is 0.304 e. The minimum Gasteiger partial charge on any atom is -0.304 e. The van der Waals surface area contributed by atoms with Crippen LogP contribution in [0.2, 0.25) is 0 Å². The Morgan fingerprint density at radius 3 is 2.40 bits per heavy atom. The van der Waals surface area contributed by atoms with Gasteiger partial charge < -0.3 is 5.32 Å². The molecule has 0 radical (unpaired) electrons. The topological polar surface area (TPSA) is 76.9 Å². The molecule has 6 nitrogen and oxygen atoms in total. The molecule has 0 fully saturated rings. The van der Waals surface area contributed by atoms with Crippen molar-refractivity contribution in [3.8, 4) is 0 Å². The monoisotopic (exact) mass is 272 g/mol. The van der Waals surface area contributed by atoms with Crippen LogP contribution < -0.4 is 5.32 Å². The lowest BCUT2D eigenvalue weighted by molar-refractivity contribution is -0.112. The molecule has 2 heterocycles. The van der Waals surface area contributed by atoms with Crippen LogP contribution in [0.1, 0.15) is 27.3 Å². The van der Waals surface area contributed by atoms with E-state index in [2.05, 4.69) is 15.4 Å². The van der Waals surface area contributed by atoms with Crippen molar-refractivity contribution in [3.05, 3.63) is 40.8 Å². The molecular formula is C14H16N4O2. The van der Waals surface area contributed by atoms with Crippen molar-refractivity contribution in [1.82, 2.24) is 14.8 Å². The van der Waals surface area contributed by atoms with Crippen LogP contribution in [0, 0.1) is 20.8 Å². The van der Waals surface area contributed by atoms with Crippen LogP contribution in [-0.2, 0) is 11.8 Å². The number of carbonyl (C=O) groups excluding carboxylic acids is 2. The SMILES string of the molecule is Cc1ccc(NC(=O)C(=O)c2c(C)nn(C)c2C)nc1. The summed E-state index contributed by atoms with van der Waals surface area (Å²) in [6.45, 7) is 5.36. The molecule has 1 N–H and O–H groups in total. The van der Waals surface area contributed by atoms with Crippen molar-refractivity contribution in [2.45, 2.75) is 20.8 Å². The number of pyridine rings is 1. The third-order valence-corrected chi connectivity index (χ3v) is 3.10. The number of anilines is 1. The number of nitrogens with zero attached hydrogens (tertiary/aromatic N) is 3. The van der Waals surface area contributed by atoms with Gasteiger partial charge in [0.2, 0.25) is 0 Å². The first-order valence-corrected chi connectivity index (χ1v) is 6.18. The van der Waals surface area contributed by atoms with Crippen molar-refractivity contribution in [3.63, 3.8) is 0 Å². The third-order valence-electron chi connectivity index (χ3n) is 3.10. The highest BCUT2D eigenvalue weighted by molar-refractivity contribution is 6.46. The minimum atomic E-state index is -0.708. The second kappa shape index (κ2) is 5.24. The average molecular weight is 272 g/mol. The molecule has 0 aromatic carbocycles. The number of ketones is 1. The van der Waals surface area contributed by atoms with Gasteiger partial charge in [-0.2, -0.15) is 5.10 Å². The van der Waals surface area contributed by atoms with Crippen LogP contribution in [-0.4, -0.2) is 26.5 Å². The number of Topliss-reactive ketones (excluding diaryl/α,β-unsaturated/α-hetero) is 1. The molecule has 2 aromatic rings. The molecule has 0 atom stereocenters. The minimum absolute atomic E-state index is 0.345. The maximum absolute atomic E-state index is 12.2. The highest BCUT2D eigenvalue weighted by Crippen LogP contribution is 2.14. The van der Waals surface area contributed by atoms with Crippen molar-refractivity contribution in [1.29, 1.82) is 0 Å². The molecule has 6 heteroatoms. The maximum atomic E-state index is 12.2. The van der Waals surface area contributed by atoms with Crippen molar-refractivity contribution < 1.29 is 9.59 Å². The summed E-state index contributed by atoms with van der Waals surface area (Å²) in [4.78, 5) is 28.2. The zero-order valence-electron chi connectivity index (χ0n) is 11.9. The van der Waals surface area contributed by atoms with E-state index >= 15 is 0 Å². The quantitative estimate of drug-likeness (QED) is 0.679. The number of aromatic nitrogens is 3. The molecule has 0 spiro atoms. The van der Waals surface area contributed by atoms with Crippen molar-refractivity contribution in [2.24, 2.45) is 7.05 Å². The molecule has 0 saturated carbocycles. The summed E-state index contributed by atoms with van der Waals surface area (Å²) in [6, 6.07) is 3.47. The zero-order valence-corrected chi connectivity index (χ0v) is 11.9. The second-order valence-corrected chi connectivity index (χ2v) is 4.67. The molecular weight excluding hydrogens is 256 g/mol. The first-order chi connectivity index (χ1) is 9.40. The van der Waals surface area contributed by atoms with Crippen LogP contribution in [0.5, 0.6) is 0 Å². The normalized spacial score (nSPS) is 10.4. The Kier molecular flexibility index (Phi) is 3.65. The van der Waals surface area contributed by atoms with Gasteiger partial charge in [-0.05, 0) is 32.4 Å². The number of rotatable bonds is 3. The smallest absolute Gasteiger partial charge is 0.298 e. The summed E-state index contributed by atoms with van der Waals surface area (Å²) in [5, 5.41) is 6.63. The molecule has 0 saturated heterocycles. The highest BCUT2D eigenvalue weighted by atomic mass is 16.2. The Morgan fingerprint density at radius 2 is 1.90 bits per heavy atom. The van der Waals surface area contributed by atoms with Gasteiger partial charge in [0, 0.05) is 18.9 Å². The standard InChI is InChI=1S/C14H16N4O2/c1-8-5-6-11(15-7-8)16-14(20)13(19)12-9(2)17-18(4)10(12)3/h5-7H,1-4H3,(H,15,16,20). The first-order valence-electron chi connectivity index (χ1n) is 6.18. The molecule has 1 amide bonds. The van der Waals surface area contributed by atoms with Gasteiger partial charge in [0.25, 0.3) is 11.7 Å². The molecule has 0 aliphatic heterocycles. The Hall–Kier alpha value is -2.50. The Bertz CT molecular complexity index is 671. The van der Waals surface area contributed by atoms with Gasteiger partial charge in [0.05, 0.1) is 11.3 Å². The summed E-state index contributed by atoms with van der Waals surface area (Å²) >= 11 is 0. The molecule has 2 aromatic heterocycles. The summed E-state index contributed by atoms with van der Waals surface area (Å²) in [5.41, 5.74) is 2.53. The van der Waals surface area contributed by atoms with Gasteiger partial charge in [0.1, 0.15) is 5.82 Å². The Balaban J connectivity index is 2.21. The predicted molar refractivity (Wildman–Crippen MR) is 74.6 cm³/mol. The fraction of sp³-hybridized carbons (Fsp3) is 0.286. The summed E-state index contributed by atoms with van der Waals surface area (Å²) < 4.78 is 1.58. The van der Waals surface area contributed by atoms with Crippen molar-refractivity contribution >= 4 is 17.5 Å². The van der Waals surface area contributed by atoms with E-state index < -0.39 is 11.7 Å². The second-order valence-electron chi connectivity index (χ2n) is 4.67. The van der Waals surface area contributed by atoms with Crippen LogP contribution in [0.25, 0.3) is 0 Å². The molecule has 0 unspecified atom stereocenters. The lowest BCUT2D eigenvalue weighted by atomic mass is 10.1. The van der Waals surface area contributed by atoms with Gasteiger partial charge in [-0.15, -0.1) is 0 Å². The van der Waals surface area contributed by atoms with Gasteiger partial charge in [0.15, 0.2) is 0 Å². The average Bonchev–Trinajstić information content (AvgIpc) is 2.65. The van der Waals surface area contributed by atoms with Crippen LogP contribution >= 0.6 is 0 Å². The number of nitrogens with one attached hydrogen (secondary N) is 1. The first kappa shape index (κ1) is 13.9. The van der Waals surface area contributed by atoms with E-state index in [4.69, 9.17) is 0 Å². The molecule has 0 aliphatic carbocycles. The molecule has 20 heavy (non-hydrogen) atoms. The van der Waals surface area contributed by atoms with Gasteiger partial charge in [-0.25, -0.2) is 4.98 Å². The summed E-state index contributed by atoms with van der Waals surface area (Å²) in [6.07, 6.45) is 1.63. The van der Waals surface area contributed by atoms with E-state index in [1.54, 1.807) is 37.8 Å². The number of hydrogen-bond donors (Lipinski definition) is 1. The lowest BCUT2D eigenvalue weighted by Crippen LogP contribution is -2.24. The Labute approximate surface area is 116 Å². The van der Waals surface area contributed by atoms with Crippen LogP contribution in [0.15, 0.2) is 18.3 Å². The molecule has 0 aliphatic rings. The number of carbonyl (C=O) groups is 2. The van der Waals surface area contributed by atoms with Gasteiger partial charge in [-0.3, -0.25) is 14.3 Å². The molecule has 0 bridgehead atoms. The van der Waals surface area contributed by atoms with Crippen molar-refractivity contribution in [2.75, 3.05) is 5.32 Å². The maximum Gasteiger partial charge on any atom is 0.298 e. The number of hydrogen-bond acceptors (Lipinski definition) is 4. The van der Waals surface area contributed by atoms with Crippen LogP contribution in [0.3, 0.4) is 0 Å². The highest BCUT2D eigenvalue weighted by Gasteiger charge is 2.24. The van der Waals surface area contributed by atoms with Gasteiger partial charge in [-0.1, -0.05) is 6.07 Å². The van der Waals surface area contributed by atoms with E-state index in [0.717, 1.165) is 5.56 Å².